The van der Waals surface area contributed by atoms with Gasteiger partial charge in [0, 0.05) is 0 Å². The molecule has 3 rings (SSSR count). The van der Waals surface area contributed by atoms with Crippen molar-refractivity contribution in [1.82, 2.24) is 0 Å². The van der Waals surface area contributed by atoms with E-state index in [2.05, 4.69) is 183 Å². The van der Waals surface area contributed by atoms with E-state index in [9.17, 15) is 0 Å². The van der Waals surface area contributed by atoms with Crippen LogP contribution in [0.15, 0.2) is 34.8 Å². The molecule has 0 N–H and O–H groups in total. The van der Waals surface area contributed by atoms with Crippen LogP contribution < -0.4 is 0 Å². The fourth-order valence-electron chi connectivity index (χ4n) is 15.1. The second-order valence-corrected chi connectivity index (χ2v) is 95.8. The normalized spacial score (nSPS) is 23.7. The van der Waals surface area contributed by atoms with Crippen LogP contribution in [0.25, 0.3) is 0 Å². The van der Waals surface area contributed by atoms with Gasteiger partial charge >= 0.3 is 331 Å². The standard InChI is InChI=1S/C38H86Ge2O2Si8/c1-29-31-27-28-32-30(2)42-40(37(47(15,16)17)48(18,19)20,38(49(21,22)23)50(24,25)26)34(32)33(31)39(41-29,35(43(3,4)5)44(6,7)8)36(45(9,10)11)46(12,13)14/h27-28,33-38H,1-26H3. The van der Waals surface area contributed by atoms with Crippen molar-refractivity contribution in [3.05, 3.63) is 34.8 Å². The van der Waals surface area contributed by atoms with Crippen LogP contribution in [0.1, 0.15) is 13.8 Å². The van der Waals surface area contributed by atoms with Crippen LogP contribution in [0, 0.1) is 0 Å². The molecule has 0 fully saturated rings. The summed E-state index contributed by atoms with van der Waals surface area (Å²) in [5.41, 5.74) is 3.37. The zero-order chi connectivity index (χ0) is 39.6. The van der Waals surface area contributed by atoms with E-state index >= 15 is 0 Å². The molecule has 2 unspecified atom stereocenters. The van der Waals surface area contributed by atoms with Crippen LogP contribution in [0.5, 0.6) is 0 Å². The van der Waals surface area contributed by atoms with Gasteiger partial charge in [-0.15, -0.1) is 0 Å². The van der Waals surface area contributed by atoms with Gasteiger partial charge in [-0.05, 0) is 0 Å². The summed E-state index contributed by atoms with van der Waals surface area (Å²) in [6.45, 7) is 71.7. The average Bonchev–Trinajstić information content (AvgIpc) is 3.16. The van der Waals surface area contributed by atoms with Crippen molar-refractivity contribution >= 4 is 91.8 Å². The molecule has 0 saturated carbocycles. The van der Waals surface area contributed by atoms with Gasteiger partial charge in [0.05, 0.1) is 0 Å². The molecule has 2 aliphatic heterocycles. The maximum atomic E-state index is 8.42. The Balaban J connectivity index is 2.83. The summed E-state index contributed by atoms with van der Waals surface area (Å²) in [6, 6.07) is 0. The van der Waals surface area contributed by atoms with Crippen LogP contribution in [0.3, 0.4) is 0 Å². The van der Waals surface area contributed by atoms with E-state index in [-0.39, 0.29) is 0 Å². The van der Waals surface area contributed by atoms with Gasteiger partial charge < -0.3 is 0 Å². The minimum absolute atomic E-state index is 0.616. The molecule has 0 spiro atoms. The Kier molecular flexibility index (Phi) is 12.6. The van der Waals surface area contributed by atoms with E-state index in [4.69, 9.17) is 7.53 Å². The van der Waals surface area contributed by atoms with Crippen molar-refractivity contribution in [3.8, 4) is 0 Å². The fourth-order valence-corrected chi connectivity index (χ4v) is 180. The zero-order valence-electron chi connectivity index (χ0n) is 38.4. The number of rotatable bonds is 12. The van der Waals surface area contributed by atoms with Crippen molar-refractivity contribution in [2.75, 3.05) is 0 Å². The minimum atomic E-state index is -3.42. The van der Waals surface area contributed by atoms with Gasteiger partial charge in [-0.3, -0.25) is 0 Å². The number of hydrogen-bond donors (Lipinski definition) is 0. The maximum absolute atomic E-state index is 8.42. The van der Waals surface area contributed by atoms with E-state index in [0.29, 0.717) is 9.50 Å². The van der Waals surface area contributed by atoms with Crippen LogP contribution >= 0.6 is 0 Å². The van der Waals surface area contributed by atoms with E-state index in [1.165, 1.54) is 11.5 Å². The summed E-state index contributed by atoms with van der Waals surface area (Å²) in [5.74, 6) is 2.73. The Morgan fingerprint density at radius 1 is 0.360 bits per heavy atom. The molecular formula is C38H86Ge2O2Si8. The van der Waals surface area contributed by atoms with Crippen molar-refractivity contribution in [3.63, 3.8) is 0 Å². The summed E-state index contributed by atoms with van der Waals surface area (Å²) in [4.78, 5) is 0. The monoisotopic (exact) mass is 946 g/mol. The van der Waals surface area contributed by atoms with Crippen LogP contribution in [0.4, 0.5) is 0 Å². The zero-order valence-corrected chi connectivity index (χ0v) is 50.6. The van der Waals surface area contributed by atoms with E-state index in [1.807, 2.05) is 0 Å². The van der Waals surface area contributed by atoms with Gasteiger partial charge in [0.1, 0.15) is 0 Å². The molecule has 0 bridgehead atoms. The molecule has 0 radical (unpaired) electrons. The molecule has 2 atom stereocenters. The molecule has 3 aliphatic rings. The number of allylic oxidation sites excluding steroid dienone is 6. The molecular weight excluding hydrogens is 858 g/mol. The molecule has 0 aromatic carbocycles. The molecule has 0 aromatic rings. The van der Waals surface area contributed by atoms with E-state index in [1.54, 1.807) is 11.1 Å². The first-order valence-corrected chi connectivity index (χ1v) is 57.8. The molecule has 290 valence electrons. The quantitative estimate of drug-likeness (QED) is 0.182. The Bertz CT molecular complexity index is 1170. The van der Waals surface area contributed by atoms with Crippen molar-refractivity contribution in [2.24, 2.45) is 0 Å². The van der Waals surface area contributed by atoms with Crippen LogP contribution in [-0.4, -0.2) is 91.8 Å². The molecule has 0 saturated heterocycles. The SMILES string of the molecule is CC1=C2C=CC3=C(C)[O][Ge]([CH]([Si](C)(C)C)[Si](C)(C)C)([CH]([Si](C)(C)C)[Si](C)(C)C)[CH]3[CH]2[Ge]([CH]([Si](C)(C)C)[Si](C)(C)C)([CH]([Si](C)(C)C)[Si](C)(C)C)[O]1. The number of hydrogen-bond acceptors (Lipinski definition) is 2. The first-order valence-electron chi connectivity index (χ1n) is 20.2. The molecule has 50 heavy (non-hydrogen) atoms. The van der Waals surface area contributed by atoms with Crippen LogP contribution in [-0.2, 0) is 7.53 Å². The molecule has 1 aliphatic carbocycles. The second-order valence-electron chi connectivity index (χ2n) is 25.9. The third-order valence-corrected chi connectivity index (χ3v) is 128. The first kappa shape index (κ1) is 46.0. The van der Waals surface area contributed by atoms with Crippen LogP contribution in [0.2, 0.25) is 183 Å². The predicted octanol–water partition coefficient (Wildman–Crippen LogP) is 14.3. The molecule has 12 heteroatoms. The van der Waals surface area contributed by atoms with E-state index in [0.717, 1.165) is 16.0 Å². The predicted molar refractivity (Wildman–Crippen MR) is 257 cm³/mol. The van der Waals surface area contributed by atoms with Crippen molar-refractivity contribution < 1.29 is 7.53 Å². The average molecular weight is 945 g/mol. The van der Waals surface area contributed by atoms with Gasteiger partial charge in [-0.25, -0.2) is 0 Å². The van der Waals surface area contributed by atoms with Crippen molar-refractivity contribution in [1.29, 1.82) is 0 Å². The van der Waals surface area contributed by atoms with E-state index < -0.39 is 91.8 Å². The Morgan fingerprint density at radius 3 is 0.660 bits per heavy atom. The number of fused-ring (bicyclic) bond motifs is 3. The van der Waals surface area contributed by atoms with Crippen molar-refractivity contribution in [2.45, 2.75) is 196 Å². The Morgan fingerprint density at radius 2 is 0.520 bits per heavy atom. The summed E-state index contributed by atoms with van der Waals surface area (Å²) in [6.07, 6.45) is 5.27. The van der Waals surface area contributed by atoms with Gasteiger partial charge in [0.25, 0.3) is 0 Å². The first-order chi connectivity index (χ1) is 21.7. The van der Waals surface area contributed by atoms with Gasteiger partial charge in [-0.1, -0.05) is 0 Å². The summed E-state index contributed by atoms with van der Waals surface area (Å²) < 4.78 is 21.5. The third kappa shape index (κ3) is 8.07. The fraction of sp³-hybridized carbons (Fsp3) is 0.842. The van der Waals surface area contributed by atoms with Gasteiger partial charge in [0.2, 0.25) is 0 Å². The topological polar surface area (TPSA) is 18.5 Å². The Labute approximate surface area is 327 Å². The summed E-state index contributed by atoms with van der Waals surface area (Å²) in [5, 5.41) is 0. The third-order valence-electron chi connectivity index (χ3n) is 12.6. The summed E-state index contributed by atoms with van der Waals surface area (Å²) in [7, 11) is -13.5. The second kappa shape index (κ2) is 13.6. The van der Waals surface area contributed by atoms with Gasteiger partial charge in [-0.2, -0.15) is 0 Å². The molecule has 2 nitrogen and oxygen atoms in total. The van der Waals surface area contributed by atoms with Gasteiger partial charge in [0.15, 0.2) is 0 Å². The Hall–Kier alpha value is 1.64. The summed E-state index contributed by atoms with van der Waals surface area (Å²) >= 11 is -6.85. The molecule has 2 heterocycles. The molecule has 0 aromatic heterocycles. The molecule has 0 amide bonds.